The minimum atomic E-state index is -0.219. The van der Waals surface area contributed by atoms with E-state index in [0.717, 1.165) is 34.7 Å². The molecule has 19 heavy (non-hydrogen) atoms. The van der Waals surface area contributed by atoms with Gasteiger partial charge in [0.1, 0.15) is 5.52 Å². The van der Waals surface area contributed by atoms with Gasteiger partial charge in [-0.05, 0) is 25.0 Å². The zero-order chi connectivity index (χ0) is 13.4. The van der Waals surface area contributed by atoms with Gasteiger partial charge in [0.2, 0.25) is 5.91 Å². The smallest absolute Gasteiger partial charge is 0.222 e. The first kappa shape index (κ1) is 12.7. The Bertz CT molecular complexity index is 627. The largest absolute Gasteiger partial charge is 0.369 e. The molecule has 0 spiro atoms. The van der Waals surface area contributed by atoms with Gasteiger partial charge in [-0.2, -0.15) is 0 Å². The van der Waals surface area contributed by atoms with Gasteiger partial charge in [-0.15, -0.1) is 0 Å². The minimum absolute atomic E-state index is 0.0729. The first-order valence-corrected chi connectivity index (χ1v) is 7.44. The maximum absolute atomic E-state index is 11.3. The standard InChI is InChI=1S/C13H14ClN3OS/c14-9-4-1-5-10-11(9)16-13(19-10)17-6-2-3-8(7-17)12(15)18/h1,4-5,8H,2-3,6-7H2,(H2,15,18). The van der Waals surface area contributed by atoms with Gasteiger partial charge in [-0.25, -0.2) is 4.98 Å². The molecule has 0 bridgehead atoms. The summed E-state index contributed by atoms with van der Waals surface area (Å²) in [5, 5.41) is 1.59. The maximum atomic E-state index is 11.3. The van der Waals surface area contributed by atoms with Gasteiger partial charge >= 0.3 is 0 Å². The van der Waals surface area contributed by atoms with Gasteiger partial charge in [0, 0.05) is 13.1 Å². The van der Waals surface area contributed by atoms with Crippen LogP contribution in [0.4, 0.5) is 5.13 Å². The van der Waals surface area contributed by atoms with Crippen LogP contribution in [0, 0.1) is 5.92 Å². The molecule has 100 valence electrons. The number of thiazole rings is 1. The summed E-state index contributed by atoms with van der Waals surface area (Å²) in [6.07, 6.45) is 1.84. The quantitative estimate of drug-likeness (QED) is 0.926. The molecule has 1 saturated heterocycles. The SMILES string of the molecule is NC(=O)C1CCCN(c2nc3c(Cl)cccc3s2)C1. The Balaban J connectivity index is 1.91. The Morgan fingerprint density at radius 1 is 1.53 bits per heavy atom. The summed E-state index contributed by atoms with van der Waals surface area (Å²) in [6, 6.07) is 5.78. The van der Waals surface area contributed by atoms with Crippen molar-refractivity contribution in [1.29, 1.82) is 0 Å². The number of hydrogen-bond donors (Lipinski definition) is 1. The van der Waals surface area contributed by atoms with Gasteiger partial charge in [0.15, 0.2) is 5.13 Å². The van der Waals surface area contributed by atoms with Crippen molar-refractivity contribution in [3.63, 3.8) is 0 Å². The summed E-state index contributed by atoms with van der Waals surface area (Å²) >= 11 is 7.75. The van der Waals surface area contributed by atoms with Crippen LogP contribution >= 0.6 is 22.9 Å². The predicted molar refractivity (Wildman–Crippen MR) is 78.8 cm³/mol. The molecule has 1 atom stereocenters. The molecule has 1 aliphatic heterocycles. The van der Waals surface area contributed by atoms with Crippen molar-refractivity contribution in [2.75, 3.05) is 18.0 Å². The van der Waals surface area contributed by atoms with E-state index in [2.05, 4.69) is 9.88 Å². The number of amides is 1. The van der Waals surface area contributed by atoms with Gasteiger partial charge in [-0.1, -0.05) is 29.0 Å². The highest BCUT2D eigenvalue weighted by Gasteiger charge is 2.25. The molecule has 1 aromatic heterocycles. The van der Waals surface area contributed by atoms with Crippen molar-refractivity contribution >= 4 is 44.2 Å². The van der Waals surface area contributed by atoms with Crippen molar-refractivity contribution in [2.45, 2.75) is 12.8 Å². The van der Waals surface area contributed by atoms with E-state index in [4.69, 9.17) is 17.3 Å². The number of nitrogens with two attached hydrogens (primary N) is 1. The number of hydrogen-bond acceptors (Lipinski definition) is 4. The second-order valence-corrected chi connectivity index (χ2v) is 6.19. The van der Waals surface area contributed by atoms with E-state index in [1.54, 1.807) is 11.3 Å². The summed E-state index contributed by atoms with van der Waals surface area (Å²) in [5.74, 6) is -0.292. The number of piperidine rings is 1. The van der Waals surface area contributed by atoms with Crippen LogP contribution in [-0.2, 0) is 4.79 Å². The molecule has 2 aromatic rings. The van der Waals surface area contributed by atoms with Crippen molar-refractivity contribution in [3.8, 4) is 0 Å². The molecule has 1 aromatic carbocycles. The average molecular weight is 296 g/mol. The van der Waals surface area contributed by atoms with E-state index in [9.17, 15) is 4.79 Å². The molecule has 1 unspecified atom stereocenters. The summed E-state index contributed by atoms with van der Waals surface area (Å²) in [6.45, 7) is 1.58. The minimum Gasteiger partial charge on any atom is -0.369 e. The van der Waals surface area contributed by atoms with Crippen molar-refractivity contribution in [3.05, 3.63) is 23.2 Å². The average Bonchev–Trinajstić information content (AvgIpc) is 2.84. The maximum Gasteiger partial charge on any atom is 0.222 e. The number of anilines is 1. The Labute approximate surface area is 120 Å². The van der Waals surface area contributed by atoms with E-state index in [1.165, 1.54) is 0 Å². The third kappa shape index (κ3) is 2.40. The highest BCUT2D eigenvalue weighted by Crippen LogP contribution is 2.34. The number of carbonyl (C=O) groups is 1. The first-order valence-electron chi connectivity index (χ1n) is 6.24. The third-order valence-corrected chi connectivity index (χ3v) is 4.84. The van der Waals surface area contributed by atoms with Crippen molar-refractivity contribution in [2.24, 2.45) is 11.7 Å². The van der Waals surface area contributed by atoms with Gasteiger partial charge in [0.25, 0.3) is 0 Å². The Morgan fingerprint density at radius 3 is 3.11 bits per heavy atom. The van der Waals surface area contributed by atoms with Gasteiger partial charge in [0.05, 0.1) is 15.6 Å². The number of nitrogens with zero attached hydrogens (tertiary/aromatic N) is 2. The highest BCUT2D eigenvalue weighted by molar-refractivity contribution is 7.22. The second-order valence-electron chi connectivity index (χ2n) is 4.77. The summed E-state index contributed by atoms with van der Waals surface area (Å²) in [5.41, 5.74) is 6.24. The fourth-order valence-corrected chi connectivity index (χ4v) is 3.72. The lowest BCUT2D eigenvalue weighted by molar-refractivity contribution is -0.122. The molecular formula is C13H14ClN3OS. The summed E-state index contributed by atoms with van der Waals surface area (Å²) < 4.78 is 1.07. The highest BCUT2D eigenvalue weighted by atomic mass is 35.5. The van der Waals surface area contributed by atoms with Crippen molar-refractivity contribution in [1.82, 2.24) is 4.98 Å². The van der Waals surface area contributed by atoms with Crippen molar-refractivity contribution < 1.29 is 4.79 Å². The predicted octanol–water partition coefficient (Wildman–Crippen LogP) is 2.65. The summed E-state index contributed by atoms with van der Waals surface area (Å²) in [7, 11) is 0. The molecular weight excluding hydrogens is 282 g/mol. The van der Waals surface area contributed by atoms with E-state index >= 15 is 0 Å². The van der Waals surface area contributed by atoms with Crippen LogP contribution < -0.4 is 10.6 Å². The number of rotatable bonds is 2. The number of primary amides is 1. The number of aromatic nitrogens is 1. The number of para-hydroxylation sites is 1. The van der Waals surface area contributed by atoms with Gasteiger partial charge in [-0.3, -0.25) is 4.79 Å². The Hall–Kier alpha value is -1.33. The molecule has 0 aliphatic carbocycles. The number of halogens is 1. The molecule has 1 amide bonds. The molecule has 4 nitrogen and oxygen atoms in total. The second kappa shape index (κ2) is 4.98. The monoisotopic (exact) mass is 295 g/mol. The Kier molecular flexibility index (Phi) is 3.33. The van der Waals surface area contributed by atoms with Crippen LogP contribution in [-0.4, -0.2) is 24.0 Å². The van der Waals surface area contributed by atoms with Crippen LogP contribution in [0.3, 0.4) is 0 Å². The van der Waals surface area contributed by atoms with Crippen LogP contribution in [0.15, 0.2) is 18.2 Å². The van der Waals surface area contributed by atoms with Crippen LogP contribution in [0.25, 0.3) is 10.2 Å². The zero-order valence-electron chi connectivity index (χ0n) is 10.3. The topological polar surface area (TPSA) is 59.2 Å². The lowest BCUT2D eigenvalue weighted by Crippen LogP contribution is -2.41. The van der Waals surface area contributed by atoms with Gasteiger partial charge < -0.3 is 10.6 Å². The van der Waals surface area contributed by atoms with E-state index in [0.29, 0.717) is 11.6 Å². The fourth-order valence-electron chi connectivity index (χ4n) is 2.42. The molecule has 1 fully saturated rings. The molecule has 2 N–H and O–H groups in total. The molecule has 1 aliphatic rings. The molecule has 3 rings (SSSR count). The normalized spacial score (nSPS) is 19.8. The van der Waals surface area contributed by atoms with Crippen LogP contribution in [0.2, 0.25) is 5.02 Å². The Morgan fingerprint density at radius 2 is 2.37 bits per heavy atom. The van der Waals surface area contributed by atoms with E-state index in [1.807, 2.05) is 18.2 Å². The molecule has 0 radical (unpaired) electrons. The lowest BCUT2D eigenvalue weighted by atomic mass is 9.98. The molecule has 6 heteroatoms. The summed E-state index contributed by atoms with van der Waals surface area (Å²) in [4.78, 5) is 18.0. The zero-order valence-corrected chi connectivity index (χ0v) is 11.9. The van der Waals surface area contributed by atoms with Crippen LogP contribution in [0.1, 0.15) is 12.8 Å². The third-order valence-electron chi connectivity index (χ3n) is 3.45. The van der Waals surface area contributed by atoms with E-state index < -0.39 is 0 Å². The fraction of sp³-hybridized carbons (Fsp3) is 0.385. The lowest BCUT2D eigenvalue weighted by Gasteiger charge is -2.30. The molecule has 2 heterocycles. The van der Waals surface area contributed by atoms with E-state index in [-0.39, 0.29) is 11.8 Å². The number of carbonyl (C=O) groups excluding carboxylic acids is 1. The first-order chi connectivity index (χ1) is 9.15. The number of fused-ring (bicyclic) bond motifs is 1. The van der Waals surface area contributed by atoms with Crippen LogP contribution in [0.5, 0.6) is 0 Å². The molecule has 0 saturated carbocycles. The number of benzene rings is 1.